The van der Waals surface area contributed by atoms with Gasteiger partial charge in [0, 0.05) is 39.5 Å². The van der Waals surface area contributed by atoms with Crippen molar-refractivity contribution in [3.63, 3.8) is 0 Å². The van der Waals surface area contributed by atoms with Crippen LogP contribution in [-0.2, 0) is 11.3 Å². The standard InChI is InChI=1S/C12H22N4O/c1-11-10-16(8-9-17-2)12(14-11)15-6-3-4-13-5-7-15/h10,13H,3-9H2,1-2H3. The summed E-state index contributed by atoms with van der Waals surface area (Å²) in [4.78, 5) is 7.00. The molecule has 0 spiro atoms. The summed E-state index contributed by atoms with van der Waals surface area (Å²) < 4.78 is 7.34. The predicted octanol–water partition coefficient (Wildman–Crippen LogP) is 0.638. The number of nitrogens with one attached hydrogen (secondary N) is 1. The summed E-state index contributed by atoms with van der Waals surface area (Å²) in [6.45, 7) is 7.90. The topological polar surface area (TPSA) is 42.3 Å². The SMILES string of the molecule is COCCn1cc(C)nc1N1CCCNCC1. The Morgan fingerprint density at radius 2 is 2.29 bits per heavy atom. The zero-order valence-electron chi connectivity index (χ0n) is 10.8. The van der Waals surface area contributed by atoms with Crippen LogP contribution in [0, 0.1) is 6.92 Å². The van der Waals surface area contributed by atoms with Crippen molar-refractivity contribution in [2.45, 2.75) is 19.9 Å². The van der Waals surface area contributed by atoms with Gasteiger partial charge in [-0.05, 0) is 19.9 Å². The van der Waals surface area contributed by atoms with E-state index in [1.807, 2.05) is 6.92 Å². The van der Waals surface area contributed by atoms with Crippen LogP contribution < -0.4 is 10.2 Å². The molecule has 1 saturated heterocycles. The van der Waals surface area contributed by atoms with Gasteiger partial charge in [-0.15, -0.1) is 0 Å². The molecule has 0 amide bonds. The Balaban J connectivity index is 2.11. The van der Waals surface area contributed by atoms with Gasteiger partial charge in [0.15, 0.2) is 0 Å². The molecule has 1 aliphatic rings. The fraction of sp³-hybridized carbons (Fsp3) is 0.750. The Hall–Kier alpha value is -1.07. The minimum absolute atomic E-state index is 0.731. The quantitative estimate of drug-likeness (QED) is 0.836. The minimum atomic E-state index is 0.731. The number of hydrogen-bond donors (Lipinski definition) is 1. The largest absolute Gasteiger partial charge is 0.383 e. The van der Waals surface area contributed by atoms with Crippen molar-refractivity contribution in [2.24, 2.45) is 0 Å². The fourth-order valence-electron chi connectivity index (χ4n) is 2.19. The molecule has 0 saturated carbocycles. The predicted molar refractivity (Wildman–Crippen MR) is 68.5 cm³/mol. The lowest BCUT2D eigenvalue weighted by Gasteiger charge is -2.22. The molecule has 5 heteroatoms. The van der Waals surface area contributed by atoms with E-state index in [9.17, 15) is 0 Å². The van der Waals surface area contributed by atoms with Gasteiger partial charge in [-0.2, -0.15) is 0 Å². The lowest BCUT2D eigenvalue weighted by atomic mass is 10.4. The van der Waals surface area contributed by atoms with E-state index in [-0.39, 0.29) is 0 Å². The van der Waals surface area contributed by atoms with E-state index in [4.69, 9.17) is 4.74 Å². The van der Waals surface area contributed by atoms with Gasteiger partial charge in [0.1, 0.15) is 0 Å². The Kier molecular flexibility index (Phi) is 4.39. The van der Waals surface area contributed by atoms with Crippen LogP contribution in [0.25, 0.3) is 0 Å². The highest BCUT2D eigenvalue weighted by atomic mass is 16.5. The van der Waals surface area contributed by atoms with Crippen molar-refractivity contribution < 1.29 is 4.74 Å². The number of hydrogen-bond acceptors (Lipinski definition) is 4. The molecular formula is C12H22N4O. The van der Waals surface area contributed by atoms with Crippen LogP contribution in [0.15, 0.2) is 6.20 Å². The molecule has 1 aromatic rings. The van der Waals surface area contributed by atoms with Crippen molar-refractivity contribution >= 4 is 5.95 Å². The Labute approximate surface area is 103 Å². The Morgan fingerprint density at radius 3 is 3.12 bits per heavy atom. The lowest BCUT2D eigenvalue weighted by molar-refractivity contribution is 0.187. The lowest BCUT2D eigenvalue weighted by Crippen LogP contribution is -2.30. The summed E-state index contributed by atoms with van der Waals surface area (Å²) in [6, 6.07) is 0. The molecule has 0 atom stereocenters. The Morgan fingerprint density at radius 1 is 1.41 bits per heavy atom. The summed E-state index contributed by atoms with van der Waals surface area (Å²) in [5, 5.41) is 3.41. The summed E-state index contributed by atoms with van der Waals surface area (Å²) in [7, 11) is 1.74. The zero-order chi connectivity index (χ0) is 12.1. The number of rotatable bonds is 4. The summed E-state index contributed by atoms with van der Waals surface area (Å²) in [5.41, 5.74) is 1.08. The van der Waals surface area contributed by atoms with E-state index < -0.39 is 0 Å². The molecular weight excluding hydrogens is 216 g/mol. The summed E-state index contributed by atoms with van der Waals surface area (Å²) in [5.74, 6) is 1.09. The van der Waals surface area contributed by atoms with Gasteiger partial charge in [0.05, 0.1) is 12.3 Å². The summed E-state index contributed by atoms with van der Waals surface area (Å²) in [6.07, 6.45) is 3.28. The van der Waals surface area contributed by atoms with Gasteiger partial charge in [-0.3, -0.25) is 0 Å². The van der Waals surface area contributed by atoms with Crippen LogP contribution in [0.3, 0.4) is 0 Å². The number of ether oxygens (including phenoxy) is 1. The molecule has 0 bridgehead atoms. The molecule has 0 aromatic carbocycles. The van der Waals surface area contributed by atoms with Crippen molar-refractivity contribution in [3.8, 4) is 0 Å². The molecule has 2 heterocycles. The number of aryl methyl sites for hydroxylation is 1. The van der Waals surface area contributed by atoms with Crippen molar-refractivity contribution in [1.29, 1.82) is 0 Å². The van der Waals surface area contributed by atoms with E-state index in [1.54, 1.807) is 7.11 Å². The first-order valence-corrected chi connectivity index (χ1v) is 6.29. The van der Waals surface area contributed by atoms with E-state index >= 15 is 0 Å². The molecule has 1 aliphatic heterocycles. The average molecular weight is 238 g/mol. The third kappa shape index (κ3) is 3.20. The monoisotopic (exact) mass is 238 g/mol. The summed E-state index contributed by atoms with van der Waals surface area (Å²) >= 11 is 0. The first kappa shape index (κ1) is 12.4. The highest BCUT2D eigenvalue weighted by molar-refractivity contribution is 5.33. The van der Waals surface area contributed by atoms with Gasteiger partial charge in [0.25, 0.3) is 0 Å². The van der Waals surface area contributed by atoms with Gasteiger partial charge in [-0.1, -0.05) is 0 Å². The van der Waals surface area contributed by atoms with Gasteiger partial charge in [0.2, 0.25) is 5.95 Å². The maximum absolute atomic E-state index is 5.14. The van der Waals surface area contributed by atoms with Gasteiger partial charge >= 0.3 is 0 Å². The first-order valence-electron chi connectivity index (χ1n) is 6.29. The molecule has 96 valence electrons. The third-order valence-corrected chi connectivity index (χ3v) is 3.04. The van der Waals surface area contributed by atoms with Crippen molar-refractivity contribution in [1.82, 2.24) is 14.9 Å². The highest BCUT2D eigenvalue weighted by Crippen LogP contribution is 2.15. The van der Waals surface area contributed by atoms with Crippen LogP contribution in [0.4, 0.5) is 5.95 Å². The molecule has 5 nitrogen and oxygen atoms in total. The zero-order valence-corrected chi connectivity index (χ0v) is 10.8. The third-order valence-electron chi connectivity index (χ3n) is 3.04. The Bertz CT molecular complexity index is 342. The number of imidazole rings is 1. The smallest absolute Gasteiger partial charge is 0.205 e. The maximum Gasteiger partial charge on any atom is 0.205 e. The molecule has 1 aromatic heterocycles. The van der Waals surface area contributed by atoms with E-state index in [2.05, 4.69) is 26.0 Å². The first-order chi connectivity index (χ1) is 8.31. The average Bonchev–Trinajstić information content (AvgIpc) is 2.56. The van der Waals surface area contributed by atoms with Gasteiger partial charge in [-0.25, -0.2) is 4.98 Å². The fourth-order valence-corrected chi connectivity index (χ4v) is 2.19. The second-order valence-corrected chi connectivity index (χ2v) is 4.46. The minimum Gasteiger partial charge on any atom is -0.383 e. The van der Waals surface area contributed by atoms with Crippen LogP contribution in [0.5, 0.6) is 0 Å². The van der Waals surface area contributed by atoms with Crippen LogP contribution in [-0.4, -0.2) is 49.4 Å². The van der Waals surface area contributed by atoms with E-state index in [1.165, 1.54) is 6.42 Å². The maximum atomic E-state index is 5.14. The molecule has 1 N–H and O–H groups in total. The highest BCUT2D eigenvalue weighted by Gasteiger charge is 2.15. The van der Waals surface area contributed by atoms with Crippen molar-refractivity contribution in [2.75, 3.05) is 44.8 Å². The second kappa shape index (κ2) is 6.02. The van der Waals surface area contributed by atoms with E-state index in [0.717, 1.165) is 51.0 Å². The molecule has 0 aliphatic carbocycles. The van der Waals surface area contributed by atoms with Crippen LogP contribution >= 0.6 is 0 Å². The van der Waals surface area contributed by atoms with Crippen LogP contribution in [0.2, 0.25) is 0 Å². The molecule has 17 heavy (non-hydrogen) atoms. The molecule has 0 unspecified atom stereocenters. The molecule has 1 fully saturated rings. The number of nitrogens with zero attached hydrogens (tertiary/aromatic N) is 3. The second-order valence-electron chi connectivity index (χ2n) is 4.46. The van der Waals surface area contributed by atoms with E-state index in [0.29, 0.717) is 0 Å². The van der Waals surface area contributed by atoms with Crippen molar-refractivity contribution in [3.05, 3.63) is 11.9 Å². The number of methoxy groups -OCH3 is 1. The number of aromatic nitrogens is 2. The molecule has 2 rings (SSSR count). The normalized spacial score (nSPS) is 17.2. The van der Waals surface area contributed by atoms with Gasteiger partial charge < -0.3 is 19.5 Å². The number of anilines is 1. The molecule has 0 radical (unpaired) electrons. The van der Waals surface area contributed by atoms with Crippen LogP contribution in [0.1, 0.15) is 12.1 Å².